The van der Waals surface area contributed by atoms with Crippen LogP contribution in [-0.2, 0) is 17.8 Å². The lowest BCUT2D eigenvalue weighted by molar-refractivity contribution is -0.139. The monoisotopic (exact) mass is 736 g/mol. The average molecular weight is 737 g/mol. The largest absolute Gasteiger partial charge is 0.456 e. The fourth-order valence-electron chi connectivity index (χ4n) is 9.02. The summed E-state index contributed by atoms with van der Waals surface area (Å²) in [6.07, 6.45) is 4.49. The summed E-state index contributed by atoms with van der Waals surface area (Å²) in [7, 11) is 0. The molecule has 3 aliphatic rings. The molecule has 3 aliphatic carbocycles. The van der Waals surface area contributed by atoms with E-state index in [9.17, 15) is 26.3 Å². The topological polar surface area (TPSA) is 70.5 Å². The number of hydrogen-bond donors (Lipinski definition) is 2. The van der Waals surface area contributed by atoms with Gasteiger partial charge in [0.1, 0.15) is 34.1 Å². The van der Waals surface area contributed by atoms with Crippen molar-refractivity contribution in [2.75, 3.05) is 11.5 Å². The SMILES string of the molecule is Nc1ccc(Oc2ccc(C3(c4ccc(Oc5ccc(N)cc5C(F)(F)F)c(C5CCCCC5)c4)CCCC3)cc2C2CCCCC2)c(C(F)(F)F)c1. The van der Waals surface area contributed by atoms with E-state index in [0.29, 0.717) is 11.5 Å². The molecule has 3 fully saturated rings. The highest BCUT2D eigenvalue weighted by Crippen LogP contribution is 2.52. The molecule has 3 saturated carbocycles. The molecule has 4 aromatic rings. The third-order valence-corrected chi connectivity index (χ3v) is 11.7. The molecule has 0 bridgehead atoms. The predicted octanol–water partition coefficient (Wildman–Crippen LogP) is 13.4. The van der Waals surface area contributed by atoms with Crippen LogP contribution in [0.2, 0.25) is 0 Å². The first kappa shape index (κ1) is 37.0. The number of ether oxygens (including phenoxy) is 2. The molecule has 282 valence electrons. The van der Waals surface area contributed by atoms with Gasteiger partial charge in [0.15, 0.2) is 0 Å². The second-order valence-electron chi connectivity index (χ2n) is 15.2. The highest BCUT2D eigenvalue weighted by atomic mass is 19.4. The van der Waals surface area contributed by atoms with Crippen LogP contribution in [0.4, 0.5) is 37.7 Å². The highest BCUT2D eigenvalue weighted by Gasteiger charge is 2.41. The molecule has 0 aromatic heterocycles. The summed E-state index contributed by atoms with van der Waals surface area (Å²) in [6, 6.07) is 19.2. The number of alkyl halides is 6. The molecule has 4 N–H and O–H groups in total. The normalized spacial score (nSPS) is 18.6. The molecule has 10 heteroatoms. The van der Waals surface area contributed by atoms with Gasteiger partial charge in [-0.25, -0.2) is 0 Å². The first-order valence-electron chi connectivity index (χ1n) is 18.9. The van der Waals surface area contributed by atoms with Gasteiger partial charge in [-0.05, 0) is 121 Å². The maximum atomic E-state index is 14.1. The second-order valence-corrected chi connectivity index (χ2v) is 15.2. The molecule has 0 heterocycles. The lowest BCUT2D eigenvalue weighted by atomic mass is 9.70. The van der Waals surface area contributed by atoms with Gasteiger partial charge in [-0.3, -0.25) is 0 Å². The minimum absolute atomic E-state index is 0.00831. The summed E-state index contributed by atoms with van der Waals surface area (Å²) < 4.78 is 96.9. The van der Waals surface area contributed by atoms with Gasteiger partial charge >= 0.3 is 12.4 Å². The van der Waals surface area contributed by atoms with Gasteiger partial charge in [0.2, 0.25) is 0 Å². The Morgan fingerprint density at radius 2 is 0.849 bits per heavy atom. The lowest BCUT2D eigenvalue weighted by Gasteiger charge is -2.34. The Morgan fingerprint density at radius 3 is 1.23 bits per heavy atom. The van der Waals surface area contributed by atoms with Gasteiger partial charge in [0, 0.05) is 16.8 Å². The smallest absolute Gasteiger partial charge is 0.420 e. The Bertz CT molecular complexity index is 1790. The summed E-state index contributed by atoms with van der Waals surface area (Å²) >= 11 is 0. The van der Waals surface area contributed by atoms with Crippen LogP contribution in [0.25, 0.3) is 0 Å². The van der Waals surface area contributed by atoms with Crippen molar-refractivity contribution in [1.29, 1.82) is 0 Å². The quantitative estimate of drug-likeness (QED) is 0.140. The fraction of sp³-hybridized carbons (Fsp3) is 0.442. The number of anilines is 2. The number of hydrogen-bond acceptors (Lipinski definition) is 4. The van der Waals surface area contributed by atoms with Crippen LogP contribution in [0.15, 0.2) is 72.8 Å². The van der Waals surface area contributed by atoms with E-state index in [1.807, 2.05) is 24.3 Å². The van der Waals surface area contributed by atoms with Crippen molar-refractivity contribution in [3.63, 3.8) is 0 Å². The van der Waals surface area contributed by atoms with Gasteiger partial charge in [0.25, 0.3) is 0 Å². The minimum Gasteiger partial charge on any atom is -0.456 e. The summed E-state index contributed by atoms with van der Waals surface area (Å²) in [5, 5.41) is 0. The molecule has 0 saturated heterocycles. The zero-order valence-electron chi connectivity index (χ0n) is 29.7. The molecule has 0 aliphatic heterocycles. The summed E-state index contributed by atoms with van der Waals surface area (Å²) in [5.41, 5.74) is 13.3. The van der Waals surface area contributed by atoms with Crippen molar-refractivity contribution < 1.29 is 35.8 Å². The van der Waals surface area contributed by atoms with Crippen molar-refractivity contribution in [2.45, 2.75) is 119 Å². The lowest BCUT2D eigenvalue weighted by Crippen LogP contribution is -2.25. The van der Waals surface area contributed by atoms with Crippen LogP contribution in [0.3, 0.4) is 0 Å². The van der Waals surface area contributed by atoms with Crippen LogP contribution in [0.5, 0.6) is 23.0 Å². The Morgan fingerprint density at radius 1 is 0.472 bits per heavy atom. The fourth-order valence-corrected chi connectivity index (χ4v) is 9.02. The number of rotatable bonds is 8. The molecule has 0 unspecified atom stereocenters. The van der Waals surface area contributed by atoms with E-state index in [1.165, 1.54) is 24.3 Å². The average Bonchev–Trinajstić information content (AvgIpc) is 3.65. The summed E-state index contributed by atoms with van der Waals surface area (Å²) in [6.45, 7) is 0. The summed E-state index contributed by atoms with van der Waals surface area (Å²) in [4.78, 5) is 0. The van der Waals surface area contributed by atoms with Crippen LogP contribution >= 0.6 is 0 Å². The zero-order chi connectivity index (χ0) is 37.4. The molecule has 4 aromatic carbocycles. The van der Waals surface area contributed by atoms with Crippen molar-refractivity contribution in [1.82, 2.24) is 0 Å². The predicted molar refractivity (Wildman–Crippen MR) is 196 cm³/mol. The number of halogens is 6. The first-order valence-corrected chi connectivity index (χ1v) is 18.9. The Balaban J connectivity index is 1.32. The highest BCUT2D eigenvalue weighted by molar-refractivity contribution is 5.56. The van der Waals surface area contributed by atoms with E-state index < -0.39 is 23.5 Å². The van der Waals surface area contributed by atoms with E-state index in [1.54, 1.807) is 0 Å². The molecule has 4 nitrogen and oxygen atoms in total. The Hall–Kier alpha value is -4.34. The Kier molecular flexibility index (Phi) is 10.3. The molecule has 0 radical (unpaired) electrons. The number of benzene rings is 4. The van der Waals surface area contributed by atoms with Crippen molar-refractivity contribution in [2.24, 2.45) is 0 Å². The van der Waals surface area contributed by atoms with Crippen molar-refractivity contribution >= 4 is 11.4 Å². The molecule has 7 rings (SSSR count). The van der Waals surface area contributed by atoms with E-state index in [-0.39, 0.29) is 40.1 Å². The second kappa shape index (κ2) is 14.8. The maximum Gasteiger partial charge on any atom is 0.420 e. The molecule has 0 atom stereocenters. The third kappa shape index (κ3) is 7.83. The zero-order valence-corrected chi connectivity index (χ0v) is 29.7. The van der Waals surface area contributed by atoms with Crippen LogP contribution in [0, 0.1) is 0 Å². The van der Waals surface area contributed by atoms with Crippen LogP contribution in [-0.4, -0.2) is 0 Å². The number of nitrogens with two attached hydrogens (primary N) is 2. The van der Waals surface area contributed by atoms with E-state index in [2.05, 4.69) is 12.1 Å². The van der Waals surface area contributed by atoms with E-state index in [4.69, 9.17) is 20.9 Å². The number of nitrogen functional groups attached to an aromatic ring is 2. The molecule has 0 amide bonds. The van der Waals surface area contributed by atoms with E-state index in [0.717, 1.165) is 124 Å². The van der Waals surface area contributed by atoms with E-state index >= 15 is 0 Å². The van der Waals surface area contributed by atoms with Gasteiger partial charge in [-0.1, -0.05) is 75.6 Å². The molecular weight excluding hydrogens is 690 g/mol. The van der Waals surface area contributed by atoms with Crippen LogP contribution < -0.4 is 20.9 Å². The van der Waals surface area contributed by atoms with Gasteiger partial charge in [-0.15, -0.1) is 0 Å². The first-order chi connectivity index (χ1) is 25.3. The summed E-state index contributed by atoms with van der Waals surface area (Å²) in [5.74, 6) is 0.539. The van der Waals surface area contributed by atoms with Crippen molar-refractivity contribution in [3.05, 3.63) is 106 Å². The minimum atomic E-state index is -4.64. The van der Waals surface area contributed by atoms with Gasteiger partial charge < -0.3 is 20.9 Å². The van der Waals surface area contributed by atoms with Gasteiger partial charge in [-0.2, -0.15) is 26.3 Å². The standard InChI is InChI=1S/C43H46F6N2O2/c44-42(45,46)35-25-31(50)15-19-39(35)52-37-17-13-29(23-33(37)27-9-3-1-4-10-27)41(21-7-8-22-41)30-14-18-38(34(24-30)28-11-5-2-6-12-28)53-40-20-16-32(51)26-36(40)43(47,48)49/h13-20,23-28H,1-12,21-22,50-51H2. The van der Waals surface area contributed by atoms with Gasteiger partial charge in [0.05, 0.1) is 0 Å². The molecule has 53 heavy (non-hydrogen) atoms. The molecular formula is C43H46F6N2O2. The molecule has 0 spiro atoms. The third-order valence-electron chi connectivity index (χ3n) is 11.7. The Labute approximate surface area is 306 Å². The van der Waals surface area contributed by atoms with Crippen LogP contribution in [0.1, 0.15) is 135 Å². The maximum absolute atomic E-state index is 14.1. The van der Waals surface area contributed by atoms with Crippen molar-refractivity contribution in [3.8, 4) is 23.0 Å².